The highest BCUT2D eigenvalue weighted by Gasteiger charge is 2.15. The molecule has 4 heteroatoms. The summed E-state index contributed by atoms with van der Waals surface area (Å²) in [6, 6.07) is 8.89. The summed E-state index contributed by atoms with van der Waals surface area (Å²) in [6.45, 7) is 5.26. The van der Waals surface area contributed by atoms with Crippen molar-refractivity contribution in [2.75, 3.05) is 13.7 Å². The quantitative estimate of drug-likeness (QED) is 0.812. The molecule has 2 atom stereocenters. The molecule has 116 valence electrons. The molecule has 0 aliphatic heterocycles. The maximum Gasteiger partial charge on any atom is 0.0718 e. The number of aromatic nitrogens is 2. The number of ether oxygens (including phenoxy) is 1. The number of hydrogen-bond donors (Lipinski definition) is 1. The molecule has 0 aliphatic rings. The summed E-state index contributed by atoms with van der Waals surface area (Å²) in [5.74, 6) is 0. The third-order valence-electron chi connectivity index (χ3n) is 4.09. The van der Waals surface area contributed by atoms with E-state index >= 15 is 0 Å². The van der Waals surface area contributed by atoms with Crippen molar-refractivity contribution in [3.63, 3.8) is 0 Å². The van der Waals surface area contributed by atoms with Gasteiger partial charge in [0.15, 0.2) is 0 Å². The van der Waals surface area contributed by atoms with Crippen molar-refractivity contribution in [2.24, 2.45) is 7.05 Å². The number of rotatable bonds is 8. The second-order valence-electron chi connectivity index (χ2n) is 5.67. The minimum absolute atomic E-state index is 0.312. The molecule has 0 amide bonds. The first-order valence-corrected chi connectivity index (χ1v) is 7.82. The van der Waals surface area contributed by atoms with Gasteiger partial charge < -0.3 is 10.1 Å². The van der Waals surface area contributed by atoms with Crippen LogP contribution >= 0.6 is 0 Å². The lowest BCUT2D eigenvalue weighted by Crippen LogP contribution is -2.32. The van der Waals surface area contributed by atoms with E-state index in [1.807, 2.05) is 11.7 Å². The lowest BCUT2D eigenvalue weighted by atomic mass is 10.0. The fourth-order valence-electron chi connectivity index (χ4n) is 2.79. The number of methoxy groups -OCH3 is 1. The number of likely N-dealkylation sites (N-methyl/N-ethyl adjacent to an activating group) is 1. The SMILES string of the molecule is CCNC(CCC(C)OC)Cc1nn(C)c2ccccc12. The van der Waals surface area contributed by atoms with Gasteiger partial charge in [0.1, 0.15) is 0 Å². The van der Waals surface area contributed by atoms with Crippen LogP contribution in [0.25, 0.3) is 10.9 Å². The van der Waals surface area contributed by atoms with Crippen LogP contribution in [0, 0.1) is 0 Å². The van der Waals surface area contributed by atoms with Crippen molar-refractivity contribution in [3.8, 4) is 0 Å². The van der Waals surface area contributed by atoms with Crippen LogP contribution in [0.2, 0.25) is 0 Å². The number of aryl methyl sites for hydroxylation is 1. The first-order valence-electron chi connectivity index (χ1n) is 7.82. The van der Waals surface area contributed by atoms with E-state index < -0.39 is 0 Å². The molecule has 1 aromatic heterocycles. The van der Waals surface area contributed by atoms with Crippen LogP contribution < -0.4 is 5.32 Å². The van der Waals surface area contributed by atoms with Gasteiger partial charge >= 0.3 is 0 Å². The second kappa shape index (κ2) is 7.57. The molecule has 2 aromatic rings. The minimum atomic E-state index is 0.312. The lowest BCUT2D eigenvalue weighted by Gasteiger charge is -2.19. The van der Waals surface area contributed by atoms with Crippen molar-refractivity contribution >= 4 is 10.9 Å². The molecular weight excluding hydrogens is 262 g/mol. The topological polar surface area (TPSA) is 39.1 Å². The molecule has 1 heterocycles. The molecule has 0 saturated heterocycles. The fraction of sp³-hybridized carbons (Fsp3) is 0.588. The van der Waals surface area contributed by atoms with E-state index in [2.05, 4.69) is 43.4 Å². The number of hydrogen-bond acceptors (Lipinski definition) is 3. The van der Waals surface area contributed by atoms with E-state index in [9.17, 15) is 0 Å². The van der Waals surface area contributed by atoms with Gasteiger partial charge in [-0.2, -0.15) is 5.10 Å². The average molecular weight is 289 g/mol. The van der Waals surface area contributed by atoms with Crippen LogP contribution in [-0.4, -0.2) is 35.6 Å². The zero-order chi connectivity index (χ0) is 15.2. The van der Waals surface area contributed by atoms with Crippen molar-refractivity contribution < 1.29 is 4.74 Å². The highest BCUT2D eigenvalue weighted by molar-refractivity contribution is 5.81. The van der Waals surface area contributed by atoms with E-state index in [0.29, 0.717) is 12.1 Å². The van der Waals surface area contributed by atoms with Gasteiger partial charge in [-0.3, -0.25) is 4.68 Å². The lowest BCUT2D eigenvalue weighted by molar-refractivity contribution is 0.106. The van der Waals surface area contributed by atoms with Crippen molar-refractivity contribution in [1.82, 2.24) is 15.1 Å². The van der Waals surface area contributed by atoms with E-state index in [1.165, 1.54) is 16.6 Å². The van der Waals surface area contributed by atoms with Crippen LogP contribution in [-0.2, 0) is 18.2 Å². The molecule has 2 rings (SSSR count). The Morgan fingerprint density at radius 3 is 2.76 bits per heavy atom. The van der Waals surface area contributed by atoms with Gasteiger partial charge in [-0.1, -0.05) is 25.1 Å². The maximum absolute atomic E-state index is 5.36. The summed E-state index contributed by atoms with van der Waals surface area (Å²) >= 11 is 0. The Labute approximate surface area is 127 Å². The third-order valence-corrected chi connectivity index (χ3v) is 4.09. The summed E-state index contributed by atoms with van der Waals surface area (Å²) < 4.78 is 7.33. The molecule has 0 radical (unpaired) electrons. The molecule has 1 N–H and O–H groups in total. The fourth-order valence-corrected chi connectivity index (χ4v) is 2.79. The first-order chi connectivity index (χ1) is 10.2. The number of para-hydroxylation sites is 1. The van der Waals surface area contributed by atoms with Gasteiger partial charge in [0.2, 0.25) is 0 Å². The number of benzene rings is 1. The summed E-state index contributed by atoms with van der Waals surface area (Å²) in [7, 11) is 3.79. The Morgan fingerprint density at radius 1 is 1.29 bits per heavy atom. The standard InChI is InChI=1S/C17H27N3O/c1-5-18-14(11-10-13(2)21-4)12-16-15-8-6-7-9-17(15)20(3)19-16/h6-9,13-14,18H,5,10-12H2,1-4H3. The molecule has 2 unspecified atom stereocenters. The van der Waals surface area contributed by atoms with Gasteiger partial charge in [0.05, 0.1) is 17.3 Å². The summed E-state index contributed by atoms with van der Waals surface area (Å²) in [5.41, 5.74) is 2.39. The van der Waals surface area contributed by atoms with Crippen LogP contribution in [0.4, 0.5) is 0 Å². The molecule has 0 saturated carbocycles. The molecule has 1 aromatic carbocycles. The molecule has 0 aliphatic carbocycles. The Morgan fingerprint density at radius 2 is 2.05 bits per heavy atom. The predicted octanol–water partition coefficient (Wildman–Crippen LogP) is 2.91. The molecule has 0 fully saturated rings. The smallest absolute Gasteiger partial charge is 0.0718 e. The summed E-state index contributed by atoms with van der Waals surface area (Å²) in [5, 5.41) is 9.55. The van der Waals surface area contributed by atoms with Crippen LogP contribution in [0.3, 0.4) is 0 Å². The van der Waals surface area contributed by atoms with Gasteiger partial charge in [-0.15, -0.1) is 0 Å². The minimum Gasteiger partial charge on any atom is -0.382 e. The van der Waals surface area contributed by atoms with Crippen molar-refractivity contribution in [1.29, 1.82) is 0 Å². The Balaban J connectivity index is 2.11. The van der Waals surface area contributed by atoms with Crippen molar-refractivity contribution in [3.05, 3.63) is 30.0 Å². The second-order valence-corrected chi connectivity index (χ2v) is 5.67. The predicted molar refractivity (Wildman–Crippen MR) is 87.6 cm³/mol. The zero-order valence-electron chi connectivity index (χ0n) is 13.6. The molecule has 0 bridgehead atoms. The monoisotopic (exact) mass is 289 g/mol. The van der Waals surface area contributed by atoms with E-state index in [4.69, 9.17) is 9.84 Å². The molecule has 0 spiro atoms. The highest BCUT2D eigenvalue weighted by atomic mass is 16.5. The molecule has 21 heavy (non-hydrogen) atoms. The maximum atomic E-state index is 5.36. The van der Waals surface area contributed by atoms with E-state index in [-0.39, 0.29) is 0 Å². The average Bonchev–Trinajstić information content (AvgIpc) is 2.81. The molecular formula is C17H27N3O. The largest absolute Gasteiger partial charge is 0.382 e. The Kier molecular flexibility index (Phi) is 5.76. The normalized spacial score (nSPS) is 14.5. The van der Waals surface area contributed by atoms with Gasteiger partial charge in [0.25, 0.3) is 0 Å². The van der Waals surface area contributed by atoms with Crippen LogP contribution in [0.15, 0.2) is 24.3 Å². The van der Waals surface area contributed by atoms with Gasteiger partial charge in [-0.05, 0) is 32.4 Å². The third kappa shape index (κ3) is 4.05. The van der Waals surface area contributed by atoms with Gasteiger partial charge in [-0.25, -0.2) is 0 Å². The summed E-state index contributed by atoms with van der Waals surface area (Å²) in [6.07, 6.45) is 3.45. The Hall–Kier alpha value is -1.39. The van der Waals surface area contributed by atoms with Crippen LogP contribution in [0.1, 0.15) is 32.4 Å². The first kappa shape index (κ1) is 16.0. The van der Waals surface area contributed by atoms with E-state index in [0.717, 1.165) is 25.8 Å². The van der Waals surface area contributed by atoms with E-state index in [1.54, 1.807) is 7.11 Å². The summed E-state index contributed by atoms with van der Waals surface area (Å²) in [4.78, 5) is 0. The van der Waals surface area contributed by atoms with Gasteiger partial charge in [0, 0.05) is 32.0 Å². The molecule has 4 nitrogen and oxygen atoms in total. The number of fused-ring (bicyclic) bond motifs is 1. The number of nitrogens with zero attached hydrogens (tertiary/aromatic N) is 2. The highest BCUT2D eigenvalue weighted by Crippen LogP contribution is 2.20. The van der Waals surface area contributed by atoms with Crippen LogP contribution in [0.5, 0.6) is 0 Å². The Bertz CT molecular complexity index is 564. The number of nitrogens with one attached hydrogen (secondary N) is 1. The van der Waals surface area contributed by atoms with Crippen molar-refractivity contribution in [2.45, 2.75) is 45.3 Å². The zero-order valence-corrected chi connectivity index (χ0v) is 13.6.